The zero-order valence-electron chi connectivity index (χ0n) is 14.6. The number of ketones is 1. The van der Waals surface area contributed by atoms with Gasteiger partial charge in [0.1, 0.15) is 5.82 Å². The molecule has 0 spiro atoms. The van der Waals surface area contributed by atoms with E-state index in [-0.39, 0.29) is 16.9 Å². The minimum atomic E-state index is -0.356. The SMILES string of the molecule is CCCn1c(S[C@@H](C)C(=O)c2ccc(F)cc2)nnc1-c1ccncc1. The fraction of sp³-hybridized carbons (Fsp3) is 0.263. The van der Waals surface area contributed by atoms with Crippen LogP contribution in [0.15, 0.2) is 53.9 Å². The summed E-state index contributed by atoms with van der Waals surface area (Å²) in [5.74, 6) is 0.344. The van der Waals surface area contributed by atoms with Crippen molar-refractivity contribution in [2.75, 3.05) is 0 Å². The van der Waals surface area contributed by atoms with E-state index >= 15 is 0 Å². The highest BCUT2D eigenvalue weighted by Gasteiger charge is 2.21. The second-order valence-electron chi connectivity index (χ2n) is 5.82. The minimum Gasteiger partial charge on any atom is -0.302 e. The molecule has 0 saturated carbocycles. The van der Waals surface area contributed by atoms with Crippen LogP contribution in [-0.4, -0.2) is 30.8 Å². The number of hydrogen-bond donors (Lipinski definition) is 0. The predicted octanol–water partition coefficient (Wildman–Crippen LogP) is 4.25. The first-order chi connectivity index (χ1) is 12.6. The lowest BCUT2D eigenvalue weighted by molar-refractivity contribution is 0.0994. The van der Waals surface area contributed by atoms with Crippen molar-refractivity contribution in [1.82, 2.24) is 19.7 Å². The quantitative estimate of drug-likeness (QED) is 0.459. The number of Topliss-reactive ketones (excluding diaryl/α,β-unsaturated/α-hetero) is 1. The van der Waals surface area contributed by atoms with Crippen molar-refractivity contribution >= 4 is 17.5 Å². The van der Waals surface area contributed by atoms with Crippen molar-refractivity contribution in [2.24, 2.45) is 0 Å². The fourth-order valence-corrected chi connectivity index (χ4v) is 3.53. The Balaban J connectivity index is 1.84. The molecule has 0 aliphatic heterocycles. The molecule has 0 unspecified atom stereocenters. The molecule has 0 aliphatic rings. The van der Waals surface area contributed by atoms with Gasteiger partial charge in [-0.2, -0.15) is 0 Å². The van der Waals surface area contributed by atoms with Crippen molar-refractivity contribution < 1.29 is 9.18 Å². The zero-order chi connectivity index (χ0) is 18.5. The Bertz CT molecular complexity index is 880. The third kappa shape index (κ3) is 3.99. The van der Waals surface area contributed by atoms with Crippen LogP contribution in [0.2, 0.25) is 0 Å². The number of carbonyl (C=O) groups is 1. The van der Waals surface area contributed by atoms with Gasteiger partial charge >= 0.3 is 0 Å². The van der Waals surface area contributed by atoms with Gasteiger partial charge in [0.05, 0.1) is 5.25 Å². The van der Waals surface area contributed by atoms with Gasteiger partial charge in [-0.25, -0.2) is 4.39 Å². The Hall–Kier alpha value is -2.54. The van der Waals surface area contributed by atoms with Crippen LogP contribution in [0.25, 0.3) is 11.4 Å². The number of nitrogens with zero attached hydrogens (tertiary/aromatic N) is 4. The summed E-state index contributed by atoms with van der Waals surface area (Å²) in [4.78, 5) is 16.6. The third-order valence-electron chi connectivity index (χ3n) is 3.88. The summed E-state index contributed by atoms with van der Waals surface area (Å²) < 4.78 is 15.1. The van der Waals surface area contributed by atoms with E-state index in [1.807, 2.05) is 23.6 Å². The molecule has 5 nitrogen and oxygen atoms in total. The van der Waals surface area contributed by atoms with Crippen LogP contribution in [0.5, 0.6) is 0 Å². The zero-order valence-corrected chi connectivity index (χ0v) is 15.4. The van der Waals surface area contributed by atoms with E-state index in [1.54, 1.807) is 12.4 Å². The first kappa shape index (κ1) is 18.3. The molecule has 0 bridgehead atoms. The van der Waals surface area contributed by atoms with Gasteiger partial charge in [-0.3, -0.25) is 9.78 Å². The van der Waals surface area contributed by atoms with Gasteiger partial charge in [-0.1, -0.05) is 18.7 Å². The molecule has 2 aromatic heterocycles. The summed E-state index contributed by atoms with van der Waals surface area (Å²) >= 11 is 1.36. The molecule has 0 N–H and O–H groups in total. The Morgan fingerprint density at radius 3 is 2.50 bits per heavy atom. The lowest BCUT2D eigenvalue weighted by Gasteiger charge is -2.12. The van der Waals surface area contributed by atoms with Crippen LogP contribution in [0.3, 0.4) is 0 Å². The van der Waals surface area contributed by atoms with Crippen molar-refractivity contribution in [3.8, 4) is 11.4 Å². The number of thioether (sulfide) groups is 1. The molecular formula is C19H19FN4OS. The van der Waals surface area contributed by atoms with Crippen LogP contribution in [0, 0.1) is 5.82 Å². The number of hydrogen-bond acceptors (Lipinski definition) is 5. The van der Waals surface area contributed by atoms with Gasteiger partial charge < -0.3 is 4.57 Å². The number of carbonyl (C=O) groups excluding carboxylic acids is 1. The second-order valence-corrected chi connectivity index (χ2v) is 7.13. The van der Waals surface area contributed by atoms with Gasteiger partial charge in [0.25, 0.3) is 0 Å². The fourth-order valence-electron chi connectivity index (χ4n) is 2.58. The summed E-state index contributed by atoms with van der Waals surface area (Å²) in [5, 5.41) is 8.93. The maximum absolute atomic E-state index is 13.1. The maximum Gasteiger partial charge on any atom is 0.192 e. The highest BCUT2D eigenvalue weighted by atomic mass is 32.2. The summed E-state index contributed by atoms with van der Waals surface area (Å²) in [6.07, 6.45) is 4.35. The Morgan fingerprint density at radius 2 is 1.85 bits per heavy atom. The van der Waals surface area contributed by atoms with E-state index in [2.05, 4.69) is 22.1 Å². The van der Waals surface area contributed by atoms with E-state index in [0.29, 0.717) is 10.7 Å². The predicted molar refractivity (Wildman–Crippen MR) is 99.6 cm³/mol. The Labute approximate surface area is 155 Å². The van der Waals surface area contributed by atoms with E-state index in [0.717, 1.165) is 24.4 Å². The number of benzene rings is 1. The molecule has 134 valence electrons. The molecular weight excluding hydrogens is 351 g/mol. The molecule has 7 heteroatoms. The van der Waals surface area contributed by atoms with Crippen LogP contribution in [-0.2, 0) is 6.54 Å². The van der Waals surface area contributed by atoms with Gasteiger partial charge in [0.15, 0.2) is 16.8 Å². The van der Waals surface area contributed by atoms with Gasteiger partial charge in [0.2, 0.25) is 0 Å². The molecule has 3 aromatic rings. The summed E-state index contributed by atoms with van der Waals surface area (Å²) in [7, 11) is 0. The van der Waals surface area contributed by atoms with Crippen LogP contribution >= 0.6 is 11.8 Å². The van der Waals surface area contributed by atoms with Crippen molar-refractivity contribution in [2.45, 2.75) is 37.2 Å². The molecule has 0 fully saturated rings. The number of aromatic nitrogens is 4. The average Bonchev–Trinajstić information content (AvgIpc) is 3.05. The van der Waals surface area contributed by atoms with E-state index in [9.17, 15) is 9.18 Å². The molecule has 26 heavy (non-hydrogen) atoms. The highest BCUT2D eigenvalue weighted by molar-refractivity contribution is 8.00. The molecule has 0 radical (unpaired) electrons. The minimum absolute atomic E-state index is 0.0634. The largest absolute Gasteiger partial charge is 0.302 e. The van der Waals surface area contributed by atoms with Crippen molar-refractivity contribution in [3.05, 3.63) is 60.2 Å². The lowest BCUT2D eigenvalue weighted by Crippen LogP contribution is -2.15. The topological polar surface area (TPSA) is 60.7 Å². The van der Waals surface area contributed by atoms with Crippen molar-refractivity contribution in [3.63, 3.8) is 0 Å². The Kier molecular flexibility index (Phi) is 5.78. The third-order valence-corrected chi connectivity index (χ3v) is 4.96. The first-order valence-corrected chi connectivity index (χ1v) is 9.28. The summed E-state index contributed by atoms with van der Waals surface area (Å²) in [6, 6.07) is 9.38. The monoisotopic (exact) mass is 370 g/mol. The molecule has 1 atom stereocenters. The van der Waals surface area contributed by atoms with Gasteiger partial charge in [-0.15, -0.1) is 10.2 Å². The van der Waals surface area contributed by atoms with Crippen LogP contribution < -0.4 is 0 Å². The second kappa shape index (κ2) is 8.23. The molecule has 0 amide bonds. The first-order valence-electron chi connectivity index (χ1n) is 8.40. The van der Waals surface area contributed by atoms with Crippen molar-refractivity contribution in [1.29, 1.82) is 0 Å². The van der Waals surface area contributed by atoms with Gasteiger partial charge in [0, 0.05) is 30.1 Å². The molecule has 2 heterocycles. The molecule has 0 aliphatic carbocycles. The maximum atomic E-state index is 13.1. The highest BCUT2D eigenvalue weighted by Crippen LogP contribution is 2.28. The number of pyridine rings is 1. The molecule has 1 aromatic carbocycles. The van der Waals surface area contributed by atoms with E-state index in [4.69, 9.17) is 0 Å². The average molecular weight is 370 g/mol. The van der Waals surface area contributed by atoms with E-state index in [1.165, 1.54) is 36.0 Å². The smallest absolute Gasteiger partial charge is 0.192 e. The van der Waals surface area contributed by atoms with Crippen LogP contribution in [0.1, 0.15) is 30.6 Å². The lowest BCUT2D eigenvalue weighted by atomic mass is 10.1. The normalized spacial score (nSPS) is 12.1. The van der Waals surface area contributed by atoms with Crippen LogP contribution in [0.4, 0.5) is 4.39 Å². The number of halogens is 1. The summed E-state index contributed by atoms with van der Waals surface area (Å²) in [6.45, 7) is 4.66. The molecule has 3 rings (SSSR count). The van der Waals surface area contributed by atoms with Gasteiger partial charge in [-0.05, 0) is 49.7 Å². The van der Waals surface area contributed by atoms with E-state index < -0.39 is 0 Å². The number of rotatable bonds is 7. The summed E-state index contributed by atoms with van der Waals surface area (Å²) in [5.41, 5.74) is 1.42. The molecule has 0 saturated heterocycles. The Morgan fingerprint density at radius 1 is 1.15 bits per heavy atom. The standard InChI is InChI=1S/C19H19FN4OS/c1-3-12-24-18(15-8-10-21-11-9-15)22-23-19(24)26-13(2)17(25)14-4-6-16(20)7-5-14/h4-11,13H,3,12H2,1-2H3/t13-/m0/s1.